The van der Waals surface area contributed by atoms with Gasteiger partial charge in [-0.25, -0.2) is 9.98 Å². The van der Waals surface area contributed by atoms with Crippen molar-refractivity contribution in [2.45, 2.75) is 32.4 Å². The van der Waals surface area contributed by atoms with Crippen molar-refractivity contribution < 1.29 is 0 Å². The van der Waals surface area contributed by atoms with E-state index in [2.05, 4.69) is 43.8 Å². The number of aryl methyl sites for hydroxylation is 1. The van der Waals surface area contributed by atoms with Crippen LogP contribution in [0.2, 0.25) is 0 Å². The maximum Gasteiger partial charge on any atom is 0.191 e. The van der Waals surface area contributed by atoms with Gasteiger partial charge in [0.05, 0.1) is 12.2 Å². The zero-order valence-electron chi connectivity index (χ0n) is 11.7. The third-order valence-corrected chi connectivity index (χ3v) is 4.04. The number of aliphatic imine (C=N–C) groups is 1. The number of aromatic nitrogens is 2. The Kier molecular flexibility index (Phi) is 3.41. The zero-order chi connectivity index (χ0) is 14.3. The Morgan fingerprint density at radius 2 is 2.30 bits per heavy atom. The molecule has 0 aliphatic heterocycles. The fourth-order valence-electron chi connectivity index (χ4n) is 2.27. The molecule has 3 rings (SSSR count). The van der Waals surface area contributed by atoms with Gasteiger partial charge in [-0.3, -0.25) is 0 Å². The van der Waals surface area contributed by atoms with Gasteiger partial charge in [0.15, 0.2) is 5.96 Å². The molecule has 0 radical (unpaired) electrons. The van der Waals surface area contributed by atoms with Crippen molar-refractivity contribution in [1.29, 1.82) is 0 Å². The Labute approximate surface area is 126 Å². The van der Waals surface area contributed by atoms with Gasteiger partial charge in [0.1, 0.15) is 5.65 Å². The molecule has 2 aromatic heterocycles. The lowest BCUT2D eigenvalue weighted by molar-refractivity contribution is 0.487. The van der Waals surface area contributed by atoms with Crippen LogP contribution in [0.5, 0.6) is 0 Å². The number of rotatable bonds is 3. The van der Waals surface area contributed by atoms with Crippen molar-refractivity contribution in [3.8, 4) is 0 Å². The molecule has 0 saturated heterocycles. The molecule has 0 bridgehead atoms. The maximum absolute atomic E-state index is 5.99. The SMILES string of the molecule is Cc1cc(Br)cn2cc(CN=C(N)N(C)C3CC3)nc12. The highest BCUT2D eigenvalue weighted by Gasteiger charge is 2.27. The standard InChI is InChI=1S/C14H18BrN5/c1-9-5-10(15)7-20-8-11(18-13(9)20)6-17-14(16)19(2)12-3-4-12/h5,7-8,12H,3-4,6H2,1-2H3,(H2,16,17). The van der Waals surface area contributed by atoms with Gasteiger partial charge in [-0.15, -0.1) is 0 Å². The normalized spacial score (nSPS) is 15.8. The minimum Gasteiger partial charge on any atom is -0.370 e. The lowest BCUT2D eigenvalue weighted by Gasteiger charge is -2.16. The van der Waals surface area contributed by atoms with E-state index in [-0.39, 0.29) is 0 Å². The second-order valence-corrected chi connectivity index (χ2v) is 6.24. The molecule has 6 heteroatoms. The topological polar surface area (TPSA) is 58.9 Å². The lowest BCUT2D eigenvalue weighted by atomic mass is 10.3. The first-order valence-electron chi connectivity index (χ1n) is 6.71. The first-order chi connectivity index (χ1) is 9.54. The number of guanidine groups is 1. The number of halogens is 1. The Hall–Kier alpha value is -1.56. The summed E-state index contributed by atoms with van der Waals surface area (Å²) in [5, 5.41) is 0. The highest BCUT2D eigenvalue weighted by Crippen LogP contribution is 2.25. The van der Waals surface area contributed by atoms with Gasteiger partial charge in [0.2, 0.25) is 0 Å². The molecule has 20 heavy (non-hydrogen) atoms. The number of nitrogens with zero attached hydrogens (tertiary/aromatic N) is 4. The van der Waals surface area contributed by atoms with Crippen LogP contribution in [0.3, 0.4) is 0 Å². The summed E-state index contributed by atoms with van der Waals surface area (Å²) < 4.78 is 3.06. The number of imidazole rings is 1. The smallest absolute Gasteiger partial charge is 0.191 e. The van der Waals surface area contributed by atoms with E-state index in [1.54, 1.807) is 0 Å². The quantitative estimate of drug-likeness (QED) is 0.691. The molecule has 5 nitrogen and oxygen atoms in total. The van der Waals surface area contributed by atoms with Crippen LogP contribution in [0, 0.1) is 6.92 Å². The van der Waals surface area contributed by atoms with Crippen molar-refractivity contribution in [2.75, 3.05) is 7.05 Å². The summed E-state index contributed by atoms with van der Waals surface area (Å²) in [6, 6.07) is 2.64. The van der Waals surface area contributed by atoms with E-state index in [4.69, 9.17) is 5.73 Å². The van der Waals surface area contributed by atoms with E-state index < -0.39 is 0 Å². The summed E-state index contributed by atoms with van der Waals surface area (Å²) in [5.41, 5.74) is 9.02. The summed E-state index contributed by atoms with van der Waals surface area (Å²) in [5.74, 6) is 0.599. The van der Waals surface area contributed by atoms with E-state index in [0.717, 1.165) is 21.4 Å². The number of hydrogen-bond donors (Lipinski definition) is 1. The van der Waals surface area contributed by atoms with Crippen LogP contribution in [-0.4, -0.2) is 33.3 Å². The molecule has 1 aliphatic carbocycles. The molecule has 1 fully saturated rings. The van der Waals surface area contributed by atoms with Gasteiger partial charge in [-0.05, 0) is 47.3 Å². The Bertz CT molecular complexity index is 671. The molecule has 2 heterocycles. The van der Waals surface area contributed by atoms with Gasteiger partial charge in [-0.1, -0.05) is 0 Å². The molecule has 0 unspecified atom stereocenters. The summed E-state index contributed by atoms with van der Waals surface area (Å²) in [4.78, 5) is 11.1. The minimum absolute atomic E-state index is 0.516. The van der Waals surface area contributed by atoms with Crippen LogP contribution in [-0.2, 0) is 6.54 Å². The van der Waals surface area contributed by atoms with E-state index in [1.165, 1.54) is 12.8 Å². The average Bonchev–Trinajstić information content (AvgIpc) is 3.16. The predicted octanol–water partition coefficient (Wildman–Crippen LogP) is 2.31. The fraction of sp³-hybridized carbons (Fsp3) is 0.429. The molecular weight excluding hydrogens is 318 g/mol. The highest BCUT2D eigenvalue weighted by atomic mass is 79.9. The average molecular weight is 336 g/mol. The first-order valence-corrected chi connectivity index (χ1v) is 7.50. The van der Waals surface area contributed by atoms with Gasteiger partial charge >= 0.3 is 0 Å². The summed E-state index contributed by atoms with van der Waals surface area (Å²) in [6.07, 6.45) is 6.44. The third kappa shape index (κ3) is 2.65. The van der Waals surface area contributed by atoms with Crippen LogP contribution in [0.4, 0.5) is 0 Å². The molecule has 2 aromatic rings. The van der Waals surface area contributed by atoms with Crippen LogP contribution in [0.15, 0.2) is 27.9 Å². The lowest BCUT2D eigenvalue weighted by Crippen LogP contribution is -2.35. The number of hydrogen-bond acceptors (Lipinski definition) is 2. The highest BCUT2D eigenvalue weighted by molar-refractivity contribution is 9.10. The minimum atomic E-state index is 0.516. The molecule has 106 valence electrons. The first kappa shape index (κ1) is 13.4. The van der Waals surface area contributed by atoms with E-state index in [0.29, 0.717) is 18.5 Å². The number of fused-ring (bicyclic) bond motifs is 1. The Balaban J connectivity index is 1.80. The predicted molar refractivity (Wildman–Crippen MR) is 83.7 cm³/mol. The van der Waals surface area contributed by atoms with Gasteiger partial charge in [0.25, 0.3) is 0 Å². The number of pyridine rings is 1. The van der Waals surface area contributed by atoms with Crippen LogP contribution in [0.1, 0.15) is 24.1 Å². The van der Waals surface area contributed by atoms with Gasteiger partial charge in [-0.2, -0.15) is 0 Å². The van der Waals surface area contributed by atoms with Crippen LogP contribution < -0.4 is 5.73 Å². The van der Waals surface area contributed by atoms with E-state index in [9.17, 15) is 0 Å². The van der Waals surface area contributed by atoms with Crippen molar-refractivity contribution in [2.24, 2.45) is 10.7 Å². The van der Waals surface area contributed by atoms with E-state index >= 15 is 0 Å². The Morgan fingerprint density at radius 3 is 3.00 bits per heavy atom. The largest absolute Gasteiger partial charge is 0.370 e. The summed E-state index contributed by atoms with van der Waals surface area (Å²) in [6.45, 7) is 2.57. The molecule has 0 atom stereocenters. The maximum atomic E-state index is 5.99. The van der Waals surface area contributed by atoms with Crippen molar-refractivity contribution in [3.05, 3.63) is 34.2 Å². The fourth-order valence-corrected chi connectivity index (χ4v) is 2.84. The zero-order valence-corrected chi connectivity index (χ0v) is 13.3. The van der Waals surface area contributed by atoms with Crippen LogP contribution in [0.25, 0.3) is 5.65 Å². The Morgan fingerprint density at radius 1 is 1.55 bits per heavy atom. The van der Waals surface area contributed by atoms with Crippen molar-refractivity contribution in [1.82, 2.24) is 14.3 Å². The van der Waals surface area contributed by atoms with Crippen molar-refractivity contribution >= 4 is 27.5 Å². The van der Waals surface area contributed by atoms with Gasteiger partial charge in [0, 0.05) is 30.0 Å². The van der Waals surface area contributed by atoms with Crippen LogP contribution >= 0.6 is 15.9 Å². The van der Waals surface area contributed by atoms with E-state index in [1.807, 2.05) is 23.8 Å². The third-order valence-electron chi connectivity index (χ3n) is 3.61. The second kappa shape index (κ2) is 5.09. The molecule has 2 N–H and O–H groups in total. The summed E-state index contributed by atoms with van der Waals surface area (Å²) >= 11 is 3.49. The number of nitrogens with two attached hydrogens (primary N) is 1. The molecular formula is C14H18BrN5. The molecule has 1 aliphatic rings. The van der Waals surface area contributed by atoms with Gasteiger partial charge < -0.3 is 15.0 Å². The monoisotopic (exact) mass is 335 g/mol. The summed E-state index contributed by atoms with van der Waals surface area (Å²) in [7, 11) is 2.00. The molecule has 0 spiro atoms. The molecule has 1 saturated carbocycles. The molecule has 0 aromatic carbocycles. The molecule has 0 amide bonds. The van der Waals surface area contributed by atoms with Crippen molar-refractivity contribution in [3.63, 3.8) is 0 Å². The second-order valence-electron chi connectivity index (χ2n) is 5.32.